The Bertz CT molecular complexity index is 649. The SMILES string of the molecule is Cc1cc(NC2CCN(Cc3cc(Cl)cc(Cl)c3)CC2)ncn1. The van der Waals surface area contributed by atoms with Gasteiger partial charge in [0, 0.05) is 47.5 Å². The van der Waals surface area contributed by atoms with E-state index >= 15 is 0 Å². The Balaban J connectivity index is 1.52. The molecule has 1 aliphatic heterocycles. The first kappa shape index (κ1) is 16.5. The number of nitrogens with zero attached hydrogens (tertiary/aromatic N) is 3. The van der Waals surface area contributed by atoms with Gasteiger partial charge in [-0.15, -0.1) is 0 Å². The van der Waals surface area contributed by atoms with Gasteiger partial charge in [-0.2, -0.15) is 0 Å². The zero-order valence-corrected chi connectivity index (χ0v) is 14.6. The van der Waals surface area contributed by atoms with Gasteiger partial charge in [0.1, 0.15) is 12.1 Å². The van der Waals surface area contributed by atoms with E-state index < -0.39 is 0 Å². The molecule has 0 atom stereocenters. The minimum absolute atomic E-state index is 0.462. The minimum Gasteiger partial charge on any atom is -0.367 e. The summed E-state index contributed by atoms with van der Waals surface area (Å²) in [6, 6.07) is 8.19. The van der Waals surface area contributed by atoms with Crippen LogP contribution in [0.3, 0.4) is 0 Å². The van der Waals surface area contributed by atoms with E-state index in [4.69, 9.17) is 23.2 Å². The highest BCUT2D eigenvalue weighted by atomic mass is 35.5. The molecule has 4 nitrogen and oxygen atoms in total. The maximum Gasteiger partial charge on any atom is 0.129 e. The molecule has 0 bridgehead atoms. The molecule has 3 rings (SSSR count). The first-order chi connectivity index (χ1) is 11.1. The van der Waals surface area contributed by atoms with Crippen LogP contribution >= 0.6 is 23.2 Å². The van der Waals surface area contributed by atoms with Crippen molar-refractivity contribution in [3.05, 3.63) is 51.9 Å². The molecule has 1 aromatic carbocycles. The van der Waals surface area contributed by atoms with E-state index in [-0.39, 0.29) is 0 Å². The molecule has 1 aromatic heterocycles. The minimum atomic E-state index is 0.462. The number of nitrogens with one attached hydrogen (secondary N) is 1. The number of aryl methyl sites for hydroxylation is 1. The standard InChI is InChI=1S/C17H20Cl2N4/c1-12-6-17(21-11-20-12)22-16-2-4-23(5-3-16)10-13-7-14(18)9-15(19)8-13/h6-9,11,16H,2-5,10H2,1H3,(H,20,21,22). The molecule has 0 radical (unpaired) electrons. The van der Waals surface area contributed by atoms with E-state index in [2.05, 4.69) is 20.2 Å². The van der Waals surface area contributed by atoms with Gasteiger partial charge in [0.05, 0.1) is 0 Å². The van der Waals surface area contributed by atoms with Gasteiger partial charge < -0.3 is 5.32 Å². The van der Waals surface area contributed by atoms with Crippen LogP contribution in [0.15, 0.2) is 30.6 Å². The van der Waals surface area contributed by atoms with Crippen molar-refractivity contribution in [2.45, 2.75) is 32.4 Å². The highest BCUT2D eigenvalue weighted by Crippen LogP contribution is 2.22. The summed E-state index contributed by atoms with van der Waals surface area (Å²) in [5.41, 5.74) is 2.15. The second-order valence-electron chi connectivity index (χ2n) is 6.02. The lowest BCUT2D eigenvalue weighted by molar-refractivity contribution is 0.211. The molecule has 122 valence electrons. The zero-order valence-electron chi connectivity index (χ0n) is 13.1. The van der Waals surface area contributed by atoms with Crippen LogP contribution in [0.5, 0.6) is 0 Å². The molecule has 1 saturated heterocycles. The van der Waals surface area contributed by atoms with Gasteiger partial charge in [-0.25, -0.2) is 9.97 Å². The van der Waals surface area contributed by atoms with Crippen LogP contribution in [0.25, 0.3) is 0 Å². The van der Waals surface area contributed by atoms with Gasteiger partial charge in [0.2, 0.25) is 0 Å². The van der Waals surface area contributed by atoms with E-state index in [1.807, 2.05) is 25.1 Å². The summed E-state index contributed by atoms with van der Waals surface area (Å²) in [6.45, 7) is 4.96. The van der Waals surface area contributed by atoms with Gasteiger partial charge in [-0.05, 0) is 43.5 Å². The largest absolute Gasteiger partial charge is 0.367 e. The average Bonchev–Trinajstić information content (AvgIpc) is 2.48. The maximum absolute atomic E-state index is 6.07. The molecule has 0 amide bonds. The lowest BCUT2D eigenvalue weighted by atomic mass is 10.0. The monoisotopic (exact) mass is 350 g/mol. The molecule has 0 saturated carbocycles. The number of hydrogen-bond donors (Lipinski definition) is 1. The molecular weight excluding hydrogens is 331 g/mol. The fraction of sp³-hybridized carbons (Fsp3) is 0.412. The number of hydrogen-bond acceptors (Lipinski definition) is 4. The second kappa shape index (κ2) is 7.47. The van der Waals surface area contributed by atoms with Crippen LogP contribution < -0.4 is 5.32 Å². The van der Waals surface area contributed by atoms with Crippen LogP contribution in [0.1, 0.15) is 24.1 Å². The highest BCUT2D eigenvalue weighted by molar-refractivity contribution is 6.34. The van der Waals surface area contributed by atoms with Crippen molar-refractivity contribution in [3.8, 4) is 0 Å². The van der Waals surface area contributed by atoms with E-state index in [0.29, 0.717) is 16.1 Å². The third kappa shape index (κ3) is 4.80. The molecular formula is C17H20Cl2N4. The Morgan fingerprint density at radius 1 is 1.09 bits per heavy atom. The first-order valence-corrected chi connectivity index (χ1v) is 8.56. The van der Waals surface area contributed by atoms with E-state index in [1.54, 1.807) is 12.4 Å². The normalized spacial score (nSPS) is 16.5. The summed E-state index contributed by atoms with van der Waals surface area (Å²) in [6.07, 6.45) is 3.80. The molecule has 1 N–H and O–H groups in total. The van der Waals surface area contributed by atoms with Crippen LogP contribution in [0.4, 0.5) is 5.82 Å². The third-order valence-corrected chi connectivity index (χ3v) is 4.51. The molecule has 23 heavy (non-hydrogen) atoms. The number of piperidine rings is 1. The highest BCUT2D eigenvalue weighted by Gasteiger charge is 2.19. The summed E-state index contributed by atoms with van der Waals surface area (Å²) in [4.78, 5) is 10.8. The zero-order chi connectivity index (χ0) is 16.2. The number of likely N-dealkylation sites (tertiary alicyclic amines) is 1. The van der Waals surface area contributed by atoms with Gasteiger partial charge in [0.15, 0.2) is 0 Å². The third-order valence-electron chi connectivity index (χ3n) is 4.07. The predicted molar refractivity (Wildman–Crippen MR) is 95.2 cm³/mol. The first-order valence-electron chi connectivity index (χ1n) is 7.81. The van der Waals surface area contributed by atoms with Crippen LogP contribution in [0, 0.1) is 6.92 Å². The topological polar surface area (TPSA) is 41.0 Å². The summed E-state index contributed by atoms with van der Waals surface area (Å²) in [5, 5.41) is 4.90. The van der Waals surface area contributed by atoms with Crippen molar-refractivity contribution in [2.75, 3.05) is 18.4 Å². The fourth-order valence-electron chi connectivity index (χ4n) is 2.94. The maximum atomic E-state index is 6.07. The Morgan fingerprint density at radius 2 is 1.78 bits per heavy atom. The number of halogens is 2. The van der Waals surface area contributed by atoms with Gasteiger partial charge in [-0.3, -0.25) is 4.90 Å². The molecule has 1 fully saturated rings. The molecule has 2 aromatic rings. The summed E-state index contributed by atoms with van der Waals surface area (Å²) in [5.74, 6) is 0.914. The molecule has 6 heteroatoms. The Kier molecular flexibility index (Phi) is 5.36. The lowest BCUT2D eigenvalue weighted by Gasteiger charge is -2.32. The van der Waals surface area contributed by atoms with Gasteiger partial charge in [-0.1, -0.05) is 23.2 Å². The predicted octanol–water partition coefficient (Wildman–Crippen LogP) is 4.17. The van der Waals surface area contributed by atoms with Gasteiger partial charge >= 0.3 is 0 Å². The van der Waals surface area contributed by atoms with E-state index in [1.165, 1.54) is 5.56 Å². The van der Waals surface area contributed by atoms with Crippen molar-refractivity contribution < 1.29 is 0 Å². The average molecular weight is 351 g/mol. The van der Waals surface area contributed by atoms with Crippen LogP contribution in [0.2, 0.25) is 10.0 Å². The Morgan fingerprint density at radius 3 is 2.43 bits per heavy atom. The van der Waals surface area contributed by atoms with Crippen molar-refractivity contribution in [3.63, 3.8) is 0 Å². The van der Waals surface area contributed by atoms with Crippen LogP contribution in [-0.4, -0.2) is 34.0 Å². The van der Waals surface area contributed by atoms with Crippen molar-refractivity contribution >= 4 is 29.0 Å². The summed E-state index contributed by atoms with van der Waals surface area (Å²) >= 11 is 12.1. The Hall–Kier alpha value is -1.36. The molecule has 1 aliphatic rings. The number of rotatable bonds is 4. The summed E-state index contributed by atoms with van der Waals surface area (Å²) < 4.78 is 0. The van der Waals surface area contributed by atoms with Gasteiger partial charge in [0.25, 0.3) is 0 Å². The quantitative estimate of drug-likeness (QED) is 0.898. The number of anilines is 1. The fourth-order valence-corrected chi connectivity index (χ4v) is 3.51. The summed E-state index contributed by atoms with van der Waals surface area (Å²) in [7, 11) is 0. The number of aromatic nitrogens is 2. The van der Waals surface area contributed by atoms with Crippen molar-refractivity contribution in [2.24, 2.45) is 0 Å². The van der Waals surface area contributed by atoms with Crippen molar-refractivity contribution in [1.29, 1.82) is 0 Å². The lowest BCUT2D eigenvalue weighted by Crippen LogP contribution is -2.38. The van der Waals surface area contributed by atoms with Crippen molar-refractivity contribution in [1.82, 2.24) is 14.9 Å². The van der Waals surface area contributed by atoms with E-state index in [9.17, 15) is 0 Å². The van der Waals surface area contributed by atoms with Crippen LogP contribution in [-0.2, 0) is 6.54 Å². The number of benzene rings is 1. The second-order valence-corrected chi connectivity index (χ2v) is 6.89. The molecule has 2 heterocycles. The molecule has 0 unspecified atom stereocenters. The smallest absolute Gasteiger partial charge is 0.129 e. The molecule has 0 aliphatic carbocycles. The van der Waals surface area contributed by atoms with E-state index in [0.717, 1.165) is 44.0 Å². The molecule has 0 spiro atoms. The Labute approximate surface area is 146 Å².